The highest BCUT2D eigenvalue weighted by Gasteiger charge is 2.21. The van der Waals surface area contributed by atoms with Crippen LogP contribution in [0.2, 0.25) is 0 Å². The molecule has 1 aliphatic heterocycles. The summed E-state index contributed by atoms with van der Waals surface area (Å²) in [5.41, 5.74) is 2.40. The summed E-state index contributed by atoms with van der Waals surface area (Å²) in [4.78, 5) is 6.75. The topological polar surface area (TPSA) is 16.1 Å². The minimum absolute atomic E-state index is 0.619. The lowest BCUT2D eigenvalue weighted by Crippen LogP contribution is -2.39. The predicted molar refractivity (Wildman–Crippen MR) is 69.3 cm³/mol. The zero-order chi connectivity index (χ0) is 11.4. The Morgan fingerprint density at radius 1 is 1.50 bits per heavy atom. The van der Waals surface area contributed by atoms with E-state index in [2.05, 4.69) is 22.0 Å². The maximum absolute atomic E-state index is 5.88. The third kappa shape index (κ3) is 2.67. The zero-order valence-corrected chi connectivity index (χ0v) is 10.6. The molecule has 0 spiro atoms. The monoisotopic (exact) mass is 238 g/mol. The van der Waals surface area contributed by atoms with Crippen molar-refractivity contribution in [2.24, 2.45) is 0 Å². The van der Waals surface area contributed by atoms with Gasteiger partial charge in [-0.3, -0.25) is 4.98 Å². The maximum atomic E-state index is 5.88. The first-order valence-electron chi connectivity index (χ1n) is 6.06. The first-order valence-corrected chi connectivity index (χ1v) is 6.60. The molecule has 0 bridgehead atoms. The van der Waals surface area contributed by atoms with E-state index in [1.54, 1.807) is 0 Å². The number of nitrogens with zero attached hydrogens (tertiary/aromatic N) is 2. The molecule has 1 aliphatic rings. The highest BCUT2D eigenvalue weighted by atomic mass is 35.5. The molecule has 1 saturated heterocycles. The van der Waals surface area contributed by atoms with E-state index in [9.17, 15) is 0 Å². The molecule has 88 valence electrons. The number of hydrogen-bond acceptors (Lipinski definition) is 2. The average molecular weight is 239 g/mol. The lowest BCUT2D eigenvalue weighted by molar-refractivity contribution is 0.451. The molecule has 16 heavy (non-hydrogen) atoms. The van der Waals surface area contributed by atoms with Crippen LogP contribution in [0.25, 0.3) is 0 Å². The minimum atomic E-state index is 0.619. The molecule has 2 heterocycles. The Balaban J connectivity index is 2.16. The maximum Gasteiger partial charge on any atom is 0.0402 e. The molecule has 1 aromatic rings. The second-order valence-corrected chi connectivity index (χ2v) is 4.85. The lowest BCUT2D eigenvalue weighted by atomic mass is 9.99. The largest absolute Gasteiger partial charge is 0.368 e. The van der Waals surface area contributed by atoms with Crippen LogP contribution in [0.5, 0.6) is 0 Å². The summed E-state index contributed by atoms with van der Waals surface area (Å²) >= 11 is 5.88. The molecule has 0 amide bonds. The van der Waals surface area contributed by atoms with Crippen molar-refractivity contribution >= 4 is 17.3 Å². The smallest absolute Gasteiger partial charge is 0.0402 e. The zero-order valence-electron chi connectivity index (χ0n) is 9.82. The van der Waals surface area contributed by atoms with Crippen molar-refractivity contribution in [1.82, 2.24) is 4.98 Å². The number of alkyl halides is 1. The van der Waals surface area contributed by atoms with Gasteiger partial charge in [0.1, 0.15) is 0 Å². The number of piperidine rings is 1. The molecule has 0 aliphatic carbocycles. The van der Waals surface area contributed by atoms with Gasteiger partial charge >= 0.3 is 0 Å². The second-order valence-electron chi connectivity index (χ2n) is 4.48. The highest BCUT2D eigenvalue weighted by Crippen LogP contribution is 2.26. The van der Waals surface area contributed by atoms with Crippen LogP contribution < -0.4 is 4.90 Å². The summed E-state index contributed by atoms with van der Waals surface area (Å²) in [5.74, 6) is 0.755. The normalized spacial score (nSPS) is 21.1. The van der Waals surface area contributed by atoms with Crippen LogP contribution >= 0.6 is 11.6 Å². The van der Waals surface area contributed by atoms with Gasteiger partial charge in [0.15, 0.2) is 0 Å². The first-order chi connectivity index (χ1) is 7.81. The van der Waals surface area contributed by atoms with Gasteiger partial charge in [0.05, 0.1) is 0 Å². The molecule has 2 nitrogen and oxygen atoms in total. The molecule has 1 aromatic heterocycles. The Kier molecular flexibility index (Phi) is 4.05. The molecular formula is C13H19ClN2. The number of rotatable bonds is 3. The third-order valence-electron chi connectivity index (χ3n) is 3.28. The van der Waals surface area contributed by atoms with Gasteiger partial charge < -0.3 is 4.90 Å². The van der Waals surface area contributed by atoms with E-state index in [1.165, 1.54) is 24.9 Å². The average Bonchev–Trinajstić information content (AvgIpc) is 2.30. The van der Waals surface area contributed by atoms with Gasteiger partial charge in [-0.15, -0.1) is 11.6 Å². The molecule has 2 rings (SSSR count). The molecule has 1 atom stereocenters. The van der Waals surface area contributed by atoms with Crippen molar-refractivity contribution in [2.75, 3.05) is 17.3 Å². The van der Waals surface area contributed by atoms with Crippen LogP contribution in [-0.4, -0.2) is 23.5 Å². The SMILES string of the molecule is Cc1cc(N2CCCCC2CCCl)ccn1. The van der Waals surface area contributed by atoms with E-state index < -0.39 is 0 Å². The van der Waals surface area contributed by atoms with Gasteiger partial charge in [0.25, 0.3) is 0 Å². The molecule has 0 N–H and O–H groups in total. The van der Waals surface area contributed by atoms with Crippen molar-refractivity contribution in [1.29, 1.82) is 0 Å². The summed E-state index contributed by atoms with van der Waals surface area (Å²) in [6.45, 7) is 3.20. The van der Waals surface area contributed by atoms with Crippen molar-refractivity contribution < 1.29 is 0 Å². The van der Waals surface area contributed by atoms with E-state index in [-0.39, 0.29) is 0 Å². The van der Waals surface area contributed by atoms with Crippen molar-refractivity contribution in [3.05, 3.63) is 24.0 Å². The van der Waals surface area contributed by atoms with E-state index in [0.29, 0.717) is 6.04 Å². The van der Waals surface area contributed by atoms with Crippen LogP contribution in [0, 0.1) is 6.92 Å². The molecule has 1 unspecified atom stereocenters. The Labute approximate surface area is 103 Å². The van der Waals surface area contributed by atoms with Gasteiger partial charge in [-0.2, -0.15) is 0 Å². The van der Waals surface area contributed by atoms with Crippen LogP contribution in [0.15, 0.2) is 18.3 Å². The fourth-order valence-electron chi connectivity index (χ4n) is 2.48. The quantitative estimate of drug-likeness (QED) is 0.751. The van der Waals surface area contributed by atoms with E-state index in [0.717, 1.165) is 24.5 Å². The van der Waals surface area contributed by atoms with Crippen LogP contribution in [0.1, 0.15) is 31.4 Å². The molecule has 0 saturated carbocycles. The Morgan fingerprint density at radius 2 is 2.38 bits per heavy atom. The van der Waals surface area contributed by atoms with Gasteiger partial charge in [0, 0.05) is 36.0 Å². The fourth-order valence-corrected chi connectivity index (χ4v) is 2.73. The summed E-state index contributed by atoms with van der Waals surface area (Å²) in [5, 5.41) is 0. The Morgan fingerprint density at radius 3 is 3.12 bits per heavy atom. The highest BCUT2D eigenvalue weighted by molar-refractivity contribution is 6.17. The molecule has 1 fully saturated rings. The summed E-state index contributed by atoms with van der Waals surface area (Å²) in [7, 11) is 0. The number of aromatic nitrogens is 1. The number of anilines is 1. The second kappa shape index (κ2) is 5.53. The van der Waals surface area contributed by atoms with E-state index in [4.69, 9.17) is 11.6 Å². The van der Waals surface area contributed by atoms with Crippen molar-refractivity contribution in [2.45, 2.75) is 38.6 Å². The Bertz CT molecular complexity index is 338. The minimum Gasteiger partial charge on any atom is -0.368 e. The first kappa shape index (κ1) is 11.7. The number of hydrogen-bond donors (Lipinski definition) is 0. The van der Waals surface area contributed by atoms with Crippen LogP contribution in [0.3, 0.4) is 0 Å². The van der Waals surface area contributed by atoms with E-state index in [1.807, 2.05) is 13.1 Å². The van der Waals surface area contributed by atoms with E-state index >= 15 is 0 Å². The summed E-state index contributed by atoms with van der Waals surface area (Å²) < 4.78 is 0. The Hall–Kier alpha value is -0.760. The van der Waals surface area contributed by atoms with Crippen LogP contribution in [0.4, 0.5) is 5.69 Å². The van der Waals surface area contributed by atoms with Gasteiger partial charge in [-0.25, -0.2) is 0 Å². The molecule has 3 heteroatoms. The fraction of sp³-hybridized carbons (Fsp3) is 0.615. The molecule has 0 aromatic carbocycles. The third-order valence-corrected chi connectivity index (χ3v) is 3.50. The number of halogens is 1. The number of pyridine rings is 1. The van der Waals surface area contributed by atoms with Crippen LogP contribution in [-0.2, 0) is 0 Å². The van der Waals surface area contributed by atoms with Gasteiger partial charge in [-0.05, 0) is 44.7 Å². The summed E-state index contributed by atoms with van der Waals surface area (Å²) in [6, 6.07) is 4.90. The summed E-state index contributed by atoms with van der Waals surface area (Å²) in [6.07, 6.45) is 6.89. The predicted octanol–water partition coefficient (Wildman–Crippen LogP) is 3.38. The van der Waals surface area contributed by atoms with Gasteiger partial charge in [0.2, 0.25) is 0 Å². The van der Waals surface area contributed by atoms with Crippen molar-refractivity contribution in [3.8, 4) is 0 Å². The standard InChI is InChI=1S/C13H19ClN2/c1-11-10-13(6-8-15-11)16-9-3-2-4-12(16)5-7-14/h6,8,10,12H,2-5,7,9H2,1H3. The molecular weight excluding hydrogens is 220 g/mol. The molecule has 0 radical (unpaired) electrons. The van der Waals surface area contributed by atoms with Gasteiger partial charge in [-0.1, -0.05) is 0 Å². The van der Waals surface area contributed by atoms with Crippen molar-refractivity contribution in [3.63, 3.8) is 0 Å². The lowest BCUT2D eigenvalue weighted by Gasteiger charge is -2.37. The number of aryl methyl sites for hydroxylation is 1.